The third kappa shape index (κ3) is 3.68. The van der Waals surface area contributed by atoms with Crippen molar-refractivity contribution < 1.29 is 9.53 Å². The van der Waals surface area contributed by atoms with Crippen molar-refractivity contribution in [2.24, 2.45) is 0 Å². The normalized spacial score (nSPS) is 11.2. The van der Waals surface area contributed by atoms with Crippen molar-refractivity contribution in [3.8, 4) is 5.75 Å². The summed E-state index contributed by atoms with van der Waals surface area (Å²) >= 11 is 0. The predicted octanol–water partition coefficient (Wildman–Crippen LogP) is 2.65. The number of aromatic nitrogens is 3. The minimum absolute atomic E-state index is 0.0157. The molecule has 0 saturated heterocycles. The van der Waals surface area contributed by atoms with Crippen LogP contribution in [0.15, 0.2) is 59.5 Å². The summed E-state index contributed by atoms with van der Waals surface area (Å²) in [6, 6.07) is 13.9. The third-order valence-electron chi connectivity index (χ3n) is 5.13. The monoisotopic (exact) mass is 417 g/mol. The highest BCUT2D eigenvalue weighted by Crippen LogP contribution is 2.15. The number of carbonyl (C=O) groups is 1. The Hall–Kier alpha value is -3.94. The number of nitrogens with one attached hydrogen (secondary N) is 2. The number of amides is 1. The van der Waals surface area contributed by atoms with E-state index in [1.165, 1.54) is 10.5 Å². The molecule has 0 aliphatic rings. The van der Waals surface area contributed by atoms with Crippen molar-refractivity contribution >= 4 is 22.6 Å². The van der Waals surface area contributed by atoms with Gasteiger partial charge in [0.05, 0.1) is 18.1 Å². The van der Waals surface area contributed by atoms with E-state index in [9.17, 15) is 9.59 Å². The first-order chi connectivity index (χ1) is 14.9. The van der Waals surface area contributed by atoms with E-state index < -0.39 is 5.91 Å². The number of pyridine rings is 2. The summed E-state index contributed by atoms with van der Waals surface area (Å²) < 4.78 is 8.20. The Balaban J connectivity index is 1.79. The maximum atomic E-state index is 13.1. The molecule has 31 heavy (non-hydrogen) atoms. The van der Waals surface area contributed by atoms with Gasteiger partial charge in [-0.05, 0) is 49.7 Å². The standard InChI is InChI=1S/C23H23N5O3/c1-14(2)28-20(24)17(22(29)25-13-15-7-9-16(31-3)10-8-15)12-18-21(28)26-19-6-4-5-11-27(19)23(18)30/h4-12,14,24H,13H2,1-3H3,(H,25,29). The molecule has 0 unspecified atom stereocenters. The highest BCUT2D eigenvalue weighted by Gasteiger charge is 2.18. The van der Waals surface area contributed by atoms with Crippen molar-refractivity contribution in [2.45, 2.75) is 26.4 Å². The highest BCUT2D eigenvalue weighted by molar-refractivity contribution is 5.96. The number of carbonyl (C=O) groups excluding carboxylic acids is 1. The van der Waals surface area contributed by atoms with Crippen LogP contribution in [0.2, 0.25) is 0 Å². The quantitative estimate of drug-likeness (QED) is 0.488. The van der Waals surface area contributed by atoms with Gasteiger partial charge in [0.2, 0.25) is 0 Å². The van der Waals surface area contributed by atoms with Gasteiger partial charge in [0.25, 0.3) is 11.5 Å². The van der Waals surface area contributed by atoms with Crippen LogP contribution in [0, 0.1) is 5.41 Å². The van der Waals surface area contributed by atoms with Gasteiger partial charge in [-0.1, -0.05) is 18.2 Å². The van der Waals surface area contributed by atoms with E-state index in [0.29, 0.717) is 16.7 Å². The number of fused-ring (bicyclic) bond motifs is 2. The van der Waals surface area contributed by atoms with E-state index in [1.54, 1.807) is 36.1 Å². The Bertz CT molecular complexity index is 1400. The number of hydrogen-bond donors (Lipinski definition) is 2. The van der Waals surface area contributed by atoms with Crippen molar-refractivity contribution in [1.82, 2.24) is 19.3 Å². The van der Waals surface area contributed by atoms with E-state index in [4.69, 9.17) is 10.1 Å². The second-order valence-electron chi connectivity index (χ2n) is 7.48. The molecule has 4 aromatic rings. The maximum Gasteiger partial charge on any atom is 0.267 e. The second-order valence-corrected chi connectivity index (χ2v) is 7.48. The lowest BCUT2D eigenvalue weighted by atomic mass is 10.1. The number of nitrogens with zero attached hydrogens (tertiary/aromatic N) is 3. The summed E-state index contributed by atoms with van der Waals surface area (Å²) in [5, 5.41) is 11.8. The molecule has 0 fully saturated rings. The minimum atomic E-state index is -0.422. The number of rotatable bonds is 5. The number of methoxy groups -OCH3 is 1. The largest absolute Gasteiger partial charge is 0.497 e. The molecule has 0 radical (unpaired) electrons. The van der Waals surface area contributed by atoms with E-state index in [2.05, 4.69) is 10.3 Å². The van der Waals surface area contributed by atoms with Crippen molar-refractivity contribution in [1.29, 1.82) is 5.41 Å². The Morgan fingerprint density at radius 3 is 2.61 bits per heavy atom. The molecule has 158 valence electrons. The Kier molecular flexibility index (Phi) is 5.29. The molecule has 0 spiro atoms. The fraction of sp³-hybridized carbons (Fsp3) is 0.217. The minimum Gasteiger partial charge on any atom is -0.497 e. The van der Waals surface area contributed by atoms with Gasteiger partial charge < -0.3 is 14.6 Å². The molecule has 2 N–H and O–H groups in total. The van der Waals surface area contributed by atoms with Crippen LogP contribution < -0.4 is 21.1 Å². The average molecular weight is 417 g/mol. The number of benzene rings is 1. The molecule has 1 aromatic carbocycles. The lowest BCUT2D eigenvalue weighted by molar-refractivity contribution is 0.0948. The molecule has 0 atom stereocenters. The van der Waals surface area contributed by atoms with Gasteiger partial charge in [0.15, 0.2) is 0 Å². The maximum absolute atomic E-state index is 13.1. The van der Waals surface area contributed by atoms with Crippen LogP contribution in [0.25, 0.3) is 16.7 Å². The summed E-state index contributed by atoms with van der Waals surface area (Å²) in [5.41, 5.74) is 1.64. The highest BCUT2D eigenvalue weighted by atomic mass is 16.5. The molecule has 0 aliphatic heterocycles. The summed E-state index contributed by atoms with van der Waals surface area (Å²) in [4.78, 5) is 30.6. The van der Waals surface area contributed by atoms with Crippen LogP contribution >= 0.6 is 0 Å². The topological polar surface area (TPSA) is 101 Å². The molecule has 3 aromatic heterocycles. The third-order valence-corrected chi connectivity index (χ3v) is 5.13. The SMILES string of the molecule is COc1ccc(CNC(=O)c2cc3c(=O)n4ccccc4nc3n(C(C)C)c2=N)cc1. The molecule has 0 bridgehead atoms. The van der Waals surface area contributed by atoms with Crippen LogP contribution in [-0.4, -0.2) is 27.0 Å². The first kappa shape index (κ1) is 20.3. The van der Waals surface area contributed by atoms with E-state index in [1.807, 2.05) is 38.1 Å². The Morgan fingerprint density at radius 2 is 1.94 bits per heavy atom. The molecular weight excluding hydrogens is 394 g/mol. The first-order valence-corrected chi connectivity index (χ1v) is 9.93. The van der Waals surface area contributed by atoms with E-state index >= 15 is 0 Å². The van der Waals surface area contributed by atoms with Gasteiger partial charge in [0, 0.05) is 18.8 Å². The Morgan fingerprint density at radius 1 is 1.19 bits per heavy atom. The molecule has 1 amide bonds. The second kappa shape index (κ2) is 8.06. The van der Waals surface area contributed by atoms with Gasteiger partial charge in [-0.15, -0.1) is 0 Å². The van der Waals surface area contributed by atoms with Gasteiger partial charge in [-0.25, -0.2) is 4.98 Å². The molecule has 3 heterocycles. The van der Waals surface area contributed by atoms with Crippen LogP contribution in [0.3, 0.4) is 0 Å². The fourth-order valence-electron chi connectivity index (χ4n) is 3.55. The smallest absolute Gasteiger partial charge is 0.267 e. The lowest BCUT2D eigenvalue weighted by Crippen LogP contribution is -2.35. The molecule has 8 nitrogen and oxygen atoms in total. The molecule has 0 aliphatic carbocycles. The van der Waals surface area contributed by atoms with Crippen molar-refractivity contribution in [3.05, 3.63) is 81.7 Å². The lowest BCUT2D eigenvalue weighted by Gasteiger charge is -2.17. The molecular formula is C23H23N5O3. The van der Waals surface area contributed by atoms with Crippen LogP contribution in [-0.2, 0) is 6.54 Å². The molecule has 8 heteroatoms. The summed E-state index contributed by atoms with van der Waals surface area (Å²) in [7, 11) is 1.59. The molecule has 0 saturated carbocycles. The Labute approximate surface area is 178 Å². The van der Waals surface area contributed by atoms with Gasteiger partial charge in [0.1, 0.15) is 22.5 Å². The van der Waals surface area contributed by atoms with Crippen LogP contribution in [0.1, 0.15) is 35.8 Å². The zero-order chi connectivity index (χ0) is 22.1. The predicted molar refractivity (Wildman–Crippen MR) is 117 cm³/mol. The number of hydrogen-bond acceptors (Lipinski definition) is 5. The zero-order valence-electron chi connectivity index (χ0n) is 17.5. The molecule has 4 rings (SSSR count). The summed E-state index contributed by atoms with van der Waals surface area (Å²) in [6.45, 7) is 4.08. The van der Waals surface area contributed by atoms with E-state index in [0.717, 1.165) is 11.3 Å². The van der Waals surface area contributed by atoms with E-state index in [-0.39, 0.29) is 29.2 Å². The van der Waals surface area contributed by atoms with Gasteiger partial charge in [-0.2, -0.15) is 0 Å². The van der Waals surface area contributed by atoms with Crippen molar-refractivity contribution in [2.75, 3.05) is 7.11 Å². The van der Waals surface area contributed by atoms with Crippen LogP contribution in [0.4, 0.5) is 0 Å². The average Bonchev–Trinajstić information content (AvgIpc) is 2.77. The van der Waals surface area contributed by atoms with Gasteiger partial charge in [-0.3, -0.25) is 19.4 Å². The fourth-order valence-corrected chi connectivity index (χ4v) is 3.55. The van der Waals surface area contributed by atoms with Crippen LogP contribution in [0.5, 0.6) is 5.75 Å². The van der Waals surface area contributed by atoms with Crippen molar-refractivity contribution in [3.63, 3.8) is 0 Å². The number of ether oxygens (including phenoxy) is 1. The zero-order valence-corrected chi connectivity index (χ0v) is 17.5. The van der Waals surface area contributed by atoms with Gasteiger partial charge >= 0.3 is 0 Å². The summed E-state index contributed by atoms with van der Waals surface area (Å²) in [6.07, 6.45) is 1.64. The summed E-state index contributed by atoms with van der Waals surface area (Å²) in [5.74, 6) is 0.311. The first-order valence-electron chi connectivity index (χ1n) is 9.93.